The number of likely N-dealkylation sites (N-methyl/N-ethyl adjacent to an activating group) is 1. The van der Waals surface area contributed by atoms with Crippen molar-refractivity contribution in [3.05, 3.63) is 60.6 Å². The highest BCUT2D eigenvalue weighted by Gasteiger charge is 2.18. The highest BCUT2D eigenvalue weighted by Crippen LogP contribution is 2.25. The van der Waals surface area contributed by atoms with Gasteiger partial charge in [0.2, 0.25) is 0 Å². The minimum absolute atomic E-state index is 0.0258. The van der Waals surface area contributed by atoms with Gasteiger partial charge < -0.3 is 9.73 Å². The third kappa shape index (κ3) is 4.46. The molecule has 0 aliphatic heterocycles. The van der Waals surface area contributed by atoms with E-state index in [-0.39, 0.29) is 12.1 Å². The molecule has 25 heavy (non-hydrogen) atoms. The minimum Gasteiger partial charge on any atom is -0.468 e. The van der Waals surface area contributed by atoms with E-state index >= 15 is 0 Å². The number of benzene rings is 1. The first-order valence-corrected chi connectivity index (χ1v) is 8.67. The van der Waals surface area contributed by atoms with Crippen LogP contribution in [0, 0.1) is 0 Å². The topological polar surface area (TPSA) is 70.4 Å². The van der Waals surface area contributed by atoms with Gasteiger partial charge in [-0.3, -0.25) is 10.2 Å². The van der Waals surface area contributed by atoms with E-state index in [2.05, 4.69) is 15.0 Å². The molecule has 0 unspecified atom stereocenters. The van der Waals surface area contributed by atoms with Gasteiger partial charge in [-0.1, -0.05) is 30.3 Å². The van der Waals surface area contributed by atoms with Crippen molar-refractivity contribution in [3.8, 4) is 11.3 Å². The number of carbonyl (C=O) groups is 1. The molecular formula is C18H20N4O2S. The van der Waals surface area contributed by atoms with Crippen molar-refractivity contribution in [2.75, 3.05) is 26.0 Å². The third-order valence-corrected chi connectivity index (χ3v) is 4.47. The zero-order valence-electron chi connectivity index (χ0n) is 14.1. The fraction of sp³-hybridized carbons (Fsp3) is 0.222. The predicted molar refractivity (Wildman–Crippen MR) is 99.7 cm³/mol. The quantitative estimate of drug-likeness (QED) is 0.704. The molecule has 7 heteroatoms. The van der Waals surface area contributed by atoms with E-state index in [1.165, 1.54) is 11.5 Å². The minimum atomic E-state index is -0.262. The molecule has 3 aromatic rings. The van der Waals surface area contributed by atoms with Crippen LogP contribution in [0.15, 0.2) is 59.2 Å². The number of hydrogen-bond donors (Lipinski definition) is 2. The first-order valence-electron chi connectivity index (χ1n) is 7.90. The molecule has 3 rings (SSSR count). The maximum atomic E-state index is 12.2. The van der Waals surface area contributed by atoms with Gasteiger partial charge in [-0.05, 0) is 37.8 Å². The fourth-order valence-electron chi connectivity index (χ4n) is 2.44. The first kappa shape index (κ1) is 17.2. The second kappa shape index (κ2) is 7.96. The number of amides is 2. The van der Waals surface area contributed by atoms with Crippen molar-refractivity contribution in [2.24, 2.45) is 0 Å². The number of anilines is 1. The molecule has 1 atom stereocenters. The van der Waals surface area contributed by atoms with E-state index in [0.717, 1.165) is 17.0 Å². The highest BCUT2D eigenvalue weighted by atomic mass is 32.1. The van der Waals surface area contributed by atoms with Crippen molar-refractivity contribution in [1.82, 2.24) is 14.6 Å². The van der Waals surface area contributed by atoms with Crippen LogP contribution in [0.1, 0.15) is 11.8 Å². The summed E-state index contributed by atoms with van der Waals surface area (Å²) in [5, 5.41) is 6.41. The lowest BCUT2D eigenvalue weighted by Gasteiger charge is -2.22. The summed E-state index contributed by atoms with van der Waals surface area (Å²) < 4.78 is 9.82. The summed E-state index contributed by atoms with van der Waals surface area (Å²) in [7, 11) is 3.89. The molecular weight excluding hydrogens is 336 g/mol. The van der Waals surface area contributed by atoms with Gasteiger partial charge in [0.05, 0.1) is 18.0 Å². The molecule has 1 aromatic carbocycles. The third-order valence-electron chi connectivity index (χ3n) is 3.77. The van der Waals surface area contributed by atoms with Gasteiger partial charge in [-0.25, -0.2) is 4.79 Å². The predicted octanol–water partition coefficient (Wildman–Crippen LogP) is 3.83. The van der Waals surface area contributed by atoms with Crippen LogP contribution >= 0.6 is 11.5 Å². The number of urea groups is 1. The summed E-state index contributed by atoms with van der Waals surface area (Å²) in [6.07, 6.45) is 1.63. The lowest BCUT2D eigenvalue weighted by atomic mass is 10.2. The Morgan fingerprint density at radius 1 is 1.24 bits per heavy atom. The Kier molecular flexibility index (Phi) is 5.47. The Morgan fingerprint density at radius 2 is 2.04 bits per heavy atom. The number of furan rings is 1. The zero-order chi connectivity index (χ0) is 17.6. The maximum Gasteiger partial charge on any atom is 0.319 e. The standard InChI is InChI=1S/C18H20N4O2S/c1-22(2)15(16-9-6-10-24-16)12-19-18(23)20-17-11-14(21-25-17)13-7-4-3-5-8-13/h3-11,15H,12H2,1-2H3,(H2,19,20,23)/t15-/m0/s1. The molecule has 0 spiro atoms. The van der Waals surface area contributed by atoms with E-state index < -0.39 is 0 Å². The second-order valence-electron chi connectivity index (χ2n) is 5.77. The Labute approximate surface area is 150 Å². The van der Waals surface area contributed by atoms with Crippen LogP contribution in [-0.4, -0.2) is 35.9 Å². The molecule has 0 radical (unpaired) electrons. The SMILES string of the molecule is CN(C)[C@@H](CNC(=O)Nc1cc(-c2ccccc2)ns1)c1ccco1. The highest BCUT2D eigenvalue weighted by molar-refractivity contribution is 7.10. The number of nitrogens with zero attached hydrogens (tertiary/aromatic N) is 2. The van der Waals surface area contributed by atoms with Gasteiger partial charge in [0.1, 0.15) is 10.8 Å². The summed E-state index contributed by atoms with van der Waals surface area (Å²) >= 11 is 1.26. The van der Waals surface area contributed by atoms with Gasteiger partial charge in [0, 0.05) is 18.2 Å². The Morgan fingerprint density at radius 3 is 2.72 bits per heavy atom. The first-order chi connectivity index (χ1) is 12.1. The van der Waals surface area contributed by atoms with E-state index in [0.29, 0.717) is 11.5 Å². The van der Waals surface area contributed by atoms with Gasteiger partial charge in [-0.15, -0.1) is 0 Å². The molecule has 2 aromatic heterocycles. The van der Waals surface area contributed by atoms with E-state index in [1.807, 2.05) is 67.5 Å². The van der Waals surface area contributed by atoms with E-state index in [9.17, 15) is 4.79 Å². The van der Waals surface area contributed by atoms with Crippen LogP contribution in [-0.2, 0) is 0 Å². The lowest BCUT2D eigenvalue weighted by molar-refractivity contribution is 0.233. The van der Waals surface area contributed by atoms with E-state index in [4.69, 9.17) is 4.42 Å². The molecule has 0 aliphatic carbocycles. The maximum absolute atomic E-state index is 12.2. The lowest BCUT2D eigenvalue weighted by Crippen LogP contribution is -2.36. The fourth-order valence-corrected chi connectivity index (χ4v) is 3.10. The molecule has 0 saturated carbocycles. The van der Waals surface area contributed by atoms with Crippen LogP contribution in [0.2, 0.25) is 0 Å². The number of rotatable bonds is 6. The molecule has 2 N–H and O–H groups in total. The summed E-state index contributed by atoms with van der Waals surface area (Å²) in [4.78, 5) is 14.2. The normalized spacial score (nSPS) is 12.1. The van der Waals surface area contributed by atoms with Crippen molar-refractivity contribution in [2.45, 2.75) is 6.04 Å². The summed E-state index contributed by atoms with van der Waals surface area (Å²) in [6.45, 7) is 0.441. The Balaban J connectivity index is 1.57. The number of hydrogen-bond acceptors (Lipinski definition) is 5. The van der Waals surface area contributed by atoms with Crippen molar-refractivity contribution in [1.29, 1.82) is 0 Å². The van der Waals surface area contributed by atoms with Gasteiger partial charge in [0.15, 0.2) is 0 Å². The van der Waals surface area contributed by atoms with Crippen LogP contribution in [0.3, 0.4) is 0 Å². The van der Waals surface area contributed by atoms with Crippen molar-refractivity contribution < 1.29 is 9.21 Å². The van der Waals surface area contributed by atoms with E-state index in [1.54, 1.807) is 6.26 Å². The number of aromatic nitrogens is 1. The molecule has 130 valence electrons. The molecule has 0 fully saturated rings. The van der Waals surface area contributed by atoms with Crippen molar-refractivity contribution >= 4 is 22.6 Å². The monoisotopic (exact) mass is 356 g/mol. The van der Waals surface area contributed by atoms with Crippen LogP contribution < -0.4 is 10.6 Å². The Hall–Kier alpha value is -2.64. The van der Waals surface area contributed by atoms with Gasteiger partial charge in [0.25, 0.3) is 0 Å². The zero-order valence-corrected chi connectivity index (χ0v) is 14.9. The van der Waals surface area contributed by atoms with Gasteiger partial charge >= 0.3 is 6.03 Å². The summed E-state index contributed by atoms with van der Waals surface area (Å²) in [6, 6.07) is 15.2. The molecule has 2 heterocycles. The molecule has 2 amide bonds. The van der Waals surface area contributed by atoms with Crippen LogP contribution in [0.5, 0.6) is 0 Å². The number of carbonyl (C=O) groups excluding carboxylic acids is 1. The average Bonchev–Trinajstić information content (AvgIpc) is 3.28. The largest absolute Gasteiger partial charge is 0.468 e. The summed E-state index contributed by atoms with van der Waals surface area (Å²) in [5.41, 5.74) is 1.88. The Bertz CT molecular complexity index is 800. The molecule has 0 saturated heterocycles. The molecule has 6 nitrogen and oxygen atoms in total. The molecule has 0 aliphatic rings. The van der Waals surface area contributed by atoms with Crippen LogP contribution in [0.25, 0.3) is 11.3 Å². The second-order valence-corrected chi connectivity index (χ2v) is 6.58. The average molecular weight is 356 g/mol. The summed E-state index contributed by atoms with van der Waals surface area (Å²) in [5.74, 6) is 0.814. The van der Waals surface area contributed by atoms with Gasteiger partial charge in [-0.2, -0.15) is 4.37 Å². The van der Waals surface area contributed by atoms with Crippen LogP contribution in [0.4, 0.5) is 9.80 Å². The smallest absolute Gasteiger partial charge is 0.319 e. The number of nitrogens with one attached hydrogen (secondary N) is 2. The molecule has 0 bridgehead atoms. The van der Waals surface area contributed by atoms with Crippen molar-refractivity contribution in [3.63, 3.8) is 0 Å².